The Morgan fingerprint density at radius 3 is 2.62 bits per heavy atom. The van der Waals surface area contributed by atoms with Crippen molar-refractivity contribution < 1.29 is 4.74 Å². The van der Waals surface area contributed by atoms with Crippen LogP contribution < -0.4 is 10.1 Å². The summed E-state index contributed by atoms with van der Waals surface area (Å²) in [6.07, 6.45) is 6.91. The summed E-state index contributed by atoms with van der Waals surface area (Å²) in [7, 11) is 1.73. The molecule has 2 rings (SSSR count). The number of hydrogen-bond donors (Lipinski definition) is 1. The van der Waals surface area contributed by atoms with Gasteiger partial charge in [-0.15, -0.1) is 0 Å². The third kappa shape index (κ3) is 4.57. The number of aryl methyl sites for hydroxylation is 1. The number of nitrogens with one attached hydrogen (secondary N) is 1. The van der Waals surface area contributed by atoms with E-state index in [4.69, 9.17) is 4.74 Å². The summed E-state index contributed by atoms with van der Waals surface area (Å²) < 4.78 is 5.51. The van der Waals surface area contributed by atoms with Gasteiger partial charge < -0.3 is 10.1 Å². The Morgan fingerprint density at radius 1 is 1.14 bits per heavy atom. The quantitative estimate of drug-likeness (QED) is 0.801. The minimum Gasteiger partial charge on any atom is -0.496 e. The molecule has 3 nitrogen and oxygen atoms in total. The Hall–Kier alpha value is -1.87. The van der Waals surface area contributed by atoms with E-state index in [1.54, 1.807) is 7.11 Å². The molecular weight excluding hydrogens is 260 g/mol. The number of methoxy groups -OCH3 is 1. The van der Waals surface area contributed by atoms with Crippen LogP contribution in [0.5, 0.6) is 5.75 Å². The molecule has 0 amide bonds. The van der Waals surface area contributed by atoms with E-state index in [1.807, 2.05) is 24.5 Å². The van der Waals surface area contributed by atoms with Crippen molar-refractivity contribution in [2.75, 3.05) is 13.7 Å². The van der Waals surface area contributed by atoms with Crippen LogP contribution in [-0.4, -0.2) is 18.6 Å². The number of ether oxygens (including phenoxy) is 1. The van der Waals surface area contributed by atoms with Crippen LogP contribution in [0.15, 0.2) is 48.8 Å². The Morgan fingerprint density at radius 2 is 1.90 bits per heavy atom. The zero-order chi connectivity index (χ0) is 14.9. The predicted molar refractivity (Wildman–Crippen MR) is 86.6 cm³/mol. The van der Waals surface area contributed by atoms with Gasteiger partial charge in [-0.2, -0.15) is 0 Å². The van der Waals surface area contributed by atoms with Gasteiger partial charge in [0.05, 0.1) is 7.11 Å². The summed E-state index contributed by atoms with van der Waals surface area (Å²) in [5.41, 5.74) is 2.56. The maximum Gasteiger partial charge on any atom is 0.123 e. The topological polar surface area (TPSA) is 34.2 Å². The first-order chi connectivity index (χ1) is 10.3. The summed E-state index contributed by atoms with van der Waals surface area (Å²) in [5.74, 6) is 0.959. The highest BCUT2D eigenvalue weighted by Crippen LogP contribution is 2.28. The molecule has 21 heavy (non-hydrogen) atoms. The summed E-state index contributed by atoms with van der Waals surface area (Å²) in [5, 5.41) is 3.64. The van der Waals surface area contributed by atoms with Crippen molar-refractivity contribution in [2.45, 2.75) is 32.2 Å². The van der Waals surface area contributed by atoms with Gasteiger partial charge in [-0.3, -0.25) is 4.98 Å². The smallest absolute Gasteiger partial charge is 0.123 e. The third-order valence-electron chi connectivity index (χ3n) is 3.63. The van der Waals surface area contributed by atoms with E-state index in [0.29, 0.717) is 6.04 Å². The van der Waals surface area contributed by atoms with Crippen LogP contribution in [0.3, 0.4) is 0 Å². The Bertz CT molecular complexity index is 528. The second-order valence-corrected chi connectivity index (χ2v) is 5.14. The predicted octanol–water partition coefficient (Wildman–Crippen LogP) is 3.76. The van der Waals surface area contributed by atoms with Gasteiger partial charge >= 0.3 is 0 Å². The number of benzene rings is 1. The number of rotatable bonds is 8. The van der Waals surface area contributed by atoms with Gasteiger partial charge in [0.1, 0.15) is 5.75 Å². The van der Waals surface area contributed by atoms with Gasteiger partial charge in [0, 0.05) is 24.0 Å². The van der Waals surface area contributed by atoms with Crippen molar-refractivity contribution in [3.8, 4) is 5.75 Å². The van der Waals surface area contributed by atoms with Gasteiger partial charge in [0.25, 0.3) is 0 Å². The van der Waals surface area contributed by atoms with E-state index in [-0.39, 0.29) is 0 Å². The van der Waals surface area contributed by atoms with Gasteiger partial charge in [-0.25, -0.2) is 0 Å². The van der Waals surface area contributed by atoms with Crippen molar-refractivity contribution in [1.29, 1.82) is 0 Å². The first-order valence-corrected chi connectivity index (χ1v) is 7.60. The Balaban J connectivity index is 2.10. The second-order valence-electron chi connectivity index (χ2n) is 5.14. The maximum absolute atomic E-state index is 5.51. The van der Waals surface area contributed by atoms with Crippen molar-refractivity contribution in [3.05, 3.63) is 59.9 Å². The molecule has 1 N–H and O–H groups in total. The first kappa shape index (κ1) is 15.5. The fourth-order valence-corrected chi connectivity index (χ4v) is 2.50. The average molecular weight is 284 g/mol. The molecule has 0 aliphatic heterocycles. The molecule has 1 aromatic carbocycles. The van der Waals surface area contributed by atoms with Crippen LogP contribution in [-0.2, 0) is 6.42 Å². The van der Waals surface area contributed by atoms with Crippen LogP contribution >= 0.6 is 0 Å². The zero-order valence-electron chi connectivity index (χ0n) is 12.9. The second kappa shape index (κ2) is 8.42. The third-order valence-corrected chi connectivity index (χ3v) is 3.63. The highest BCUT2D eigenvalue weighted by Gasteiger charge is 2.15. The number of para-hydroxylation sites is 1. The Labute approximate surface area is 127 Å². The van der Waals surface area contributed by atoms with Crippen molar-refractivity contribution >= 4 is 0 Å². The van der Waals surface area contributed by atoms with Crippen LogP contribution in [0.4, 0.5) is 0 Å². The SMILES string of the molecule is CCCNC(CCc1ccncc1)c1ccccc1OC. The summed E-state index contributed by atoms with van der Waals surface area (Å²) in [6, 6.07) is 12.8. The van der Waals surface area contributed by atoms with Crippen LogP contribution in [0, 0.1) is 0 Å². The molecular formula is C18H24N2O. The maximum atomic E-state index is 5.51. The van der Waals surface area contributed by atoms with Gasteiger partial charge in [0.2, 0.25) is 0 Å². The van der Waals surface area contributed by atoms with E-state index < -0.39 is 0 Å². The molecule has 112 valence electrons. The minimum atomic E-state index is 0.314. The summed E-state index contributed by atoms with van der Waals surface area (Å²) in [4.78, 5) is 4.07. The van der Waals surface area contributed by atoms with E-state index in [2.05, 4.69) is 41.5 Å². The van der Waals surface area contributed by atoms with Crippen molar-refractivity contribution in [1.82, 2.24) is 10.3 Å². The number of nitrogens with zero attached hydrogens (tertiary/aromatic N) is 1. The summed E-state index contributed by atoms with van der Waals surface area (Å²) in [6.45, 7) is 3.20. The van der Waals surface area contributed by atoms with Crippen molar-refractivity contribution in [2.24, 2.45) is 0 Å². The van der Waals surface area contributed by atoms with Crippen LogP contribution in [0.25, 0.3) is 0 Å². The zero-order valence-corrected chi connectivity index (χ0v) is 12.9. The molecule has 2 aromatic rings. The highest BCUT2D eigenvalue weighted by molar-refractivity contribution is 5.36. The molecule has 0 saturated carbocycles. The molecule has 0 saturated heterocycles. The number of pyridine rings is 1. The molecule has 1 aromatic heterocycles. The van der Waals surface area contributed by atoms with E-state index in [9.17, 15) is 0 Å². The van der Waals surface area contributed by atoms with Gasteiger partial charge in [0.15, 0.2) is 0 Å². The monoisotopic (exact) mass is 284 g/mol. The minimum absolute atomic E-state index is 0.314. The summed E-state index contributed by atoms with van der Waals surface area (Å²) >= 11 is 0. The van der Waals surface area contributed by atoms with Crippen LogP contribution in [0.1, 0.15) is 36.9 Å². The molecule has 0 fully saturated rings. The molecule has 0 spiro atoms. The van der Waals surface area contributed by atoms with Gasteiger partial charge in [-0.05, 0) is 49.6 Å². The number of aromatic nitrogens is 1. The molecule has 1 heterocycles. The van der Waals surface area contributed by atoms with Gasteiger partial charge in [-0.1, -0.05) is 25.1 Å². The molecule has 0 bridgehead atoms. The lowest BCUT2D eigenvalue weighted by Gasteiger charge is -2.21. The first-order valence-electron chi connectivity index (χ1n) is 7.60. The average Bonchev–Trinajstić information content (AvgIpc) is 2.56. The van der Waals surface area contributed by atoms with Crippen molar-refractivity contribution in [3.63, 3.8) is 0 Å². The normalized spacial score (nSPS) is 12.1. The molecule has 1 unspecified atom stereocenters. The fraction of sp³-hybridized carbons (Fsp3) is 0.389. The molecule has 0 radical (unpaired) electrons. The lowest BCUT2D eigenvalue weighted by molar-refractivity contribution is 0.395. The van der Waals surface area contributed by atoms with Crippen LogP contribution in [0.2, 0.25) is 0 Å². The Kier molecular flexibility index (Phi) is 6.22. The lowest BCUT2D eigenvalue weighted by Crippen LogP contribution is -2.23. The molecule has 0 aliphatic rings. The fourth-order valence-electron chi connectivity index (χ4n) is 2.50. The number of hydrogen-bond acceptors (Lipinski definition) is 3. The molecule has 3 heteroatoms. The molecule has 0 aliphatic carbocycles. The standard InChI is InChI=1S/C18H24N2O/c1-3-12-20-17(9-8-15-10-13-19-14-11-15)16-6-4-5-7-18(16)21-2/h4-7,10-11,13-14,17,20H,3,8-9,12H2,1-2H3. The molecule has 1 atom stereocenters. The largest absolute Gasteiger partial charge is 0.496 e. The van der Waals surface area contributed by atoms with E-state index in [1.165, 1.54) is 11.1 Å². The van der Waals surface area contributed by atoms with E-state index in [0.717, 1.165) is 31.6 Å². The van der Waals surface area contributed by atoms with E-state index >= 15 is 0 Å². The highest BCUT2D eigenvalue weighted by atomic mass is 16.5. The lowest BCUT2D eigenvalue weighted by atomic mass is 9.98.